The number of nitrogens with one attached hydrogen (secondary N) is 1. The molecule has 1 aliphatic heterocycles. The number of carbonyl (C=O) groups excluding carboxylic acids is 2. The lowest BCUT2D eigenvalue weighted by molar-refractivity contribution is -0.129. The summed E-state index contributed by atoms with van der Waals surface area (Å²) in [6.07, 6.45) is 1.91. The fourth-order valence-electron chi connectivity index (χ4n) is 4.42. The largest absolute Gasteiger partial charge is 0.385 e. The highest BCUT2D eigenvalue weighted by Gasteiger charge is 2.20. The van der Waals surface area contributed by atoms with E-state index in [0.29, 0.717) is 60.2 Å². The summed E-state index contributed by atoms with van der Waals surface area (Å²) in [4.78, 5) is 46.2. The van der Waals surface area contributed by atoms with Gasteiger partial charge in [0, 0.05) is 52.5 Å². The second kappa shape index (κ2) is 11.9. The number of benzene rings is 2. The maximum Gasteiger partial charge on any atom is 0.261 e. The summed E-state index contributed by atoms with van der Waals surface area (Å²) in [6, 6.07) is 10.4. The standard InChI is InChI=1S/C26H29Cl2N5O4/c1-17(34)31-8-10-32(11-9-31)19-4-6-24-20(14-19)26(36)33(16-29-24)15-25(35)30-23(7-12-37-2)18-3-5-21(27)22(28)13-18/h3-6,13-14,16,23H,7-12,15H2,1-2H3,(H,30,35). The Morgan fingerprint density at radius 1 is 1.08 bits per heavy atom. The molecule has 2 aromatic carbocycles. The summed E-state index contributed by atoms with van der Waals surface area (Å²) in [6.45, 7) is 4.43. The Bertz CT molecular complexity index is 1350. The fraction of sp³-hybridized carbons (Fsp3) is 0.385. The number of methoxy groups -OCH3 is 1. The zero-order valence-electron chi connectivity index (χ0n) is 20.7. The van der Waals surface area contributed by atoms with Crippen LogP contribution >= 0.6 is 23.2 Å². The van der Waals surface area contributed by atoms with E-state index in [1.54, 1.807) is 44.4 Å². The molecule has 4 rings (SSSR count). The van der Waals surface area contributed by atoms with Gasteiger partial charge in [0.2, 0.25) is 11.8 Å². The molecule has 1 saturated heterocycles. The van der Waals surface area contributed by atoms with Gasteiger partial charge in [-0.1, -0.05) is 29.3 Å². The first-order valence-corrected chi connectivity index (χ1v) is 12.8. The molecule has 0 spiro atoms. The van der Waals surface area contributed by atoms with Gasteiger partial charge >= 0.3 is 0 Å². The van der Waals surface area contributed by atoms with Crippen molar-refractivity contribution >= 4 is 51.6 Å². The Labute approximate surface area is 224 Å². The van der Waals surface area contributed by atoms with Crippen molar-refractivity contribution < 1.29 is 14.3 Å². The summed E-state index contributed by atoms with van der Waals surface area (Å²) in [5, 5.41) is 4.22. The molecular weight excluding hydrogens is 517 g/mol. The van der Waals surface area contributed by atoms with E-state index in [1.807, 2.05) is 11.0 Å². The van der Waals surface area contributed by atoms with Crippen molar-refractivity contribution in [2.75, 3.05) is 44.8 Å². The van der Waals surface area contributed by atoms with Crippen LogP contribution in [0.15, 0.2) is 47.5 Å². The number of halogens is 2. The molecule has 1 unspecified atom stereocenters. The van der Waals surface area contributed by atoms with Crippen LogP contribution in [0.3, 0.4) is 0 Å². The van der Waals surface area contributed by atoms with Crippen LogP contribution < -0.4 is 15.8 Å². The number of hydrogen-bond donors (Lipinski definition) is 1. The Morgan fingerprint density at radius 2 is 1.84 bits per heavy atom. The smallest absolute Gasteiger partial charge is 0.261 e. The monoisotopic (exact) mass is 545 g/mol. The van der Waals surface area contributed by atoms with E-state index in [1.165, 1.54) is 10.9 Å². The van der Waals surface area contributed by atoms with Gasteiger partial charge in [-0.3, -0.25) is 19.0 Å². The van der Waals surface area contributed by atoms with Crippen molar-refractivity contribution in [3.8, 4) is 0 Å². The number of hydrogen-bond acceptors (Lipinski definition) is 6. The number of anilines is 1. The van der Waals surface area contributed by atoms with E-state index in [0.717, 1.165) is 11.3 Å². The molecule has 0 bridgehead atoms. The van der Waals surface area contributed by atoms with Crippen LogP contribution in [0.25, 0.3) is 10.9 Å². The predicted molar refractivity (Wildman–Crippen MR) is 144 cm³/mol. The molecular formula is C26H29Cl2N5O4. The van der Waals surface area contributed by atoms with E-state index < -0.39 is 0 Å². The lowest BCUT2D eigenvalue weighted by Gasteiger charge is -2.35. The molecule has 1 N–H and O–H groups in total. The van der Waals surface area contributed by atoms with Gasteiger partial charge < -0.3 is 19.9 Å². The number of fused-ring (bicyclic) bond motifs is 1. The molecule has 0 aliphatic carbocycles. The van der Waals surface area contributed by atoms with Crippen LogP contribution in [0.1, 0.15) is 24.9 Å². The number of amides is 2. The Morgan fingerprint density at radius 3 is 2.51 bits per heavy atom. The zero-order valence-corrected chi connectivity index (χ0v) is 22.3. The summed E-state index contributed by atoms with van der Waals surface area (Å²) in [7, 11) is 1.59. The van der Waals surface area contributed by atoms with Gasteiger partial charge in [-0.05, 0) is 42.3 Å². The highest BCUT2D eigenvalue weighted by atomic mass is 35.5. The number of aromatic nitrogens is 2. The van der Waals surface area contributed by atoms with Gasteiger partial charge in [0.15, 0.2) is 0 Å². The van der Waals surface area contributed by atoms with Crippen LogP contribution in [0.4, 0.5) is 5.69 Å². The van der Waals surface area contributed by atoms with E-state index in [4.69, 9.17) is 27.9 Å². The third-order valence-corrected chi connectivity index (χ3v) is 7.24. The minimum Gasteiger partial charge on any atom is -0.385 e. The molecule has 11 heteroatoms. The lowest BCUT2D eigenvalue weighted by Crippen LogP contribution is -2.48. The molecule has 9 nitrogen and oxygen atoms in total. The third kappa shape index (κ3) is 6.41. The Hall–Kier alpha value is -3.14. The molecule has 0 radical (unpaired) electrons. The Kier molecular flexibility index (Phi) is 8.68. The molecule has 0 saturated carbocycles. The predicted octanol–water partition coefficient (Wildman–Crippen LogP) is 3.27. The first kappa shape index (κ1) is 26.9. The average Bonchev–Trinajstić information content (AvgIpc) is 2.89. The van der Waals surface area contributed by atoms with Crippen LogP contribution in [0, 0.1) is 0 Å². The SMILES string of the molecule is COCCC(NC(=O)Cn1cnc2ccc(N3CCN(C(C)=O)CC3)cc2c1=O)c1ccc(Cl)c(Cl)c1. The van der Waals surface area contributed by atoms with E-state index in [9.17, 15) is 14.4 Å². The second-order valence-electron chi connectivity index (χ2n) is 8.95. The van der Waals surface area contributed by atoms with Gasteiger partial charge in [0.25, 0.3) is 5.56 Å². The number of carbonyl (C=O) groups is 2. The molecule has 1 aliphatic rings. The van der Waals surface area contributed by atoms with Gasteiger partial charge in [0.05, 0.1) is 33.3 Å². The maximum absolute atomic E-state index is 13.3. The van der Waals surface area contributed by atoms with Crippen molar-refractivity contribution in [2.24, 2.45) is 0 Å². The van der Waals surface area contributed by atoms with Gasteiger partial charge in [-0.15, -0.1) is 0 Å². The summed E-state index contributed by atoms with van der Waals surface area (Å²) in [5.41, 5.74) is 1.93. The molecule has 3 aromatic rings. The van der Waals surface area contributed by atoms with Crippen LogP contribution in [-0.4, -0.2) is 66.2 Å². The van der Waals surface area contributed by atoms with Crippen molar-refractivity contribution in [1.82, 2.24) is 19.8 Å². The van der Waals surface area contributed by atoms with Gasteiger partial charge in [0.1, 0.15) is 6.54 Å². The fourth-order valence-corrected chi connectivity index (χ4v) is 4.72. The highest BCUT2D eigenvalue weighted by Crippen LogP contribution is 2.27. The number of rotatable bonds is 8. The van der Waals surface area contributed by atoms with Crippen molar-refractivity contribution in [3.63, 3.8) is 0 Å². The van der Waals surface area contributed by atoms with E-state index >= 15 is 0 Å². The molecule has 37 heavy (non-hydrogen) atoms. The molecule has 2 amide bonds. The highest BCUT2D eigenvalue weighted by molar-refractivity contribution is 6.42. The normalized spacial score (nSPS) is 14.6. The van der Waals surface area contributed by atoms with Crippen LogP contribution in [0.2, 0.25) is 10.0 Å². The van der Waals surface area contributed by atoms with Crippen LogP contribution in [-0.2, 0) is 20.9 Å². The van der Waals surface area contributed by atoms with Crippen molar-refractivity contribution in [3.05, 3.63) is 68.7 Å². The number of piperazine rings is 1. The quantitative estimate of drug-likeness (QED) is 0.466. The summed E-state index contributed by atoms with van der Waals surface area (Å²) in [5.74, 6) is -0.279. The zero-order chi connectivity index (χ0) is 26.5. The minimum atomic E-state index is -0.369. The first-order chi connectivity index (χ1) is 17.8. The average molecular weight is 546 g/mol. The maximum atomic E-state index is 13.3. The molecule has 1 fully saturated rings. The lowest BCUT2D eigenvalue weighted by atomic mass is 10.0. The minimum absolute atomic E-state index is 0.0622. The molecule has 2 heterocycles. The molecule has 196 valence electrons. The molecule has 1 atom stereocenters. The van der Waals surface area contributed by atoms with Gasteiger partial charge in [-0.2, -0.15) is 0 Å². The number of nitrogens with zero attached hydrogens (tertiary/aromatic N) is 4. The van der Waals surface area contributed by atoms with Gasteiger partial charge in [-0.25, -0.2) is 4.98 Å². The van der Waals surface area contributed by atoms with E-state index in [2.05, 4.69) is 15.2 Å². The third-order valence-electron chi connectivity index (χ3n) is 6.50. The van der Waals surface area contributed by atoms with Crippen molar-refractivity contribution in [2.45, 2.75) is 25.9 Å². The molecule has 1 aromatic heterocycles. The number of ether oxygens (including phenoxy) is 1. The summed E-state index contributed by atoms with van der Waals surface area (Å²) >= 11 is 12.2. The second-order valence-corrected chi connectivity index (χ2v) is 9.76. The van der Waals surface area contributed by atoms with Crippen molar-refractivity contribution in [1.29, 1.82) is 0 Å². The first-order valence-electron chi connectivity index (χ1n) is 12.0. The van der Waals surface area contributed by atoms with E-state index in [-0.39, 0.29) is 30.0 Å². The summed E-state index contributed by atoms with van der Waals surface area (Å²) < 4.78 is 6.50. The van der Waals surface area contributed by atoms with Crippen LogP contribution in [0.5, 0.6) is 0 Å². The topological polar surface area (TPSA) is 96.8 Å². The Balaban J connectivity index is 1.51.